The van der Waals surface area contributed by atoms with E-state index in [-0.39, 0.29) is 13.1 Å². The fraction of sp³-hybridized carbons (Fsp3) is 0.308. The molecule has 19 heavy (non-hydrogen) atoms. The topological polar surface area (TPSA) is 75.7 Å². The van der Waals surface area contributed by atoms with Crippen LogP contribution in [0.25, 0.3) is 0 Å². The fourth-order valence-corrected chi connectivity index (χ4v) is 1.41. The van der Waals surface area contributed by atoms with Gasteiger partial charge in [0.25, 0.3) is 5.91 Å². The van der Waals surface area contributed by atoms with Gasteiger partial charge in [0, 0.05) is 5.56 Å². The summed E-state index contributed by atoms with van der Waals surface area (Å²) in [4.78, 5) is 35.7. The Kier molecular flexibility index (Phi) is 5.69. The molecule has 6 nitrogen and oxygen atoms in total. The van der Waals surface area contributed by atoms with Crippen LogP contribution >= 0.6 is 0 Å². The molecule has 0 fully saturated rings. The summed E-state index contributed by atoms with van der Waals surface area (Å²) >= 11 is 0. The number of esters is 1. The van der Waals surface area contributed by atoms with E-state index in [1.54, 1.807) is 37.4 Å². The molecule has 1 rings (SSSR count). The van der Waals surface area contributed by atoms with E-state index in [4.69, 9.17) is 0 Å². The summed E-state index contributed by atoms with van der Waals surface area (Å²) in [5.41, 5.74) is 0.409. The van der Waals surface area contributed by atoms with Gasteiger partial charge in [-0.2, -0.15) is 0 Å². The molecular weight excluding hydrogens is 248 g/mol. The van der Waals surface area contributed by atoms with Gasteiger partial charge >= 0.3 is 5.97 Å². The lowest BCUT2D eigenvalue weighted by atomic mass is 10.2. The maximum absolute atomic E-state index is 11.7. The molecule has 0 heterocycles. The zero-order valence-electron chi connectivity index (χ0n) is 10.9. The minimum absolute atomic E-state index is 0.0105. The van der Waals surface area contributed by atoms with Gasteiger partial charge in [0.05, 0.1) is 20.2 Å². The van der Waals surface area contributed by atoms with Crippen molar-refractivity contribution >= 4 is 17.8 Å². The lowest BCUT2D eigenvalue weighted by Gasteiger charge is -2.14. The standard InChI is InChI=1S/C13H16N2O4/c1-15(9-12(17)19-2)8-11(16)14-13(18)10-6-4-3-5-7-10/h3-7H,8-9H2,1-2H3,(H,14,16,18). The van der Waals surface area contributed by atoms with Crippen molar-refractivity contribution in [3.63, 3.8) is 0 Å². The predicted octanol–water partition coefficient (Wildman–Crippen LogP) is 0.0478. The third kappa shape index (κ3) is 5.31. The van der Waals surface area contributed by atoms with Gasteiger partial charge in [-0.1, -0.05) is 18.2 Å². The second kappa shape index (κ2) is 7.27. The monoisotopic (exact) mass is 264 g/mol. The van der Waals surface area contributed by atoms with Gasteiger partial charge in [0.2, 0.25) is 5.91 Å². The van der Waals surface area contributed by atoms with Gasteiger partial charge in [0.1, 0.15) is 0 Å². The maximum Gasteiger partial charge on any atom is 0.319 e. The van der Waals surface area contributed by atoms with Gasteiger partial charge in [0.15, 0.2) is 0 Å². The third-order valence-corrected chi connectivity index (χ3v) is 2.33. The third-order valence-electron chi connectivity index (χ3n) is 2.33. The molecule has 0 unspecified atom stereocenters. The highest BCUT2D eigenvalue weighted by atomic mass is 16.5. The Morgan fingerprint density at radius 2 is 1.79 bits per heavy atom. The van der Waals surface area contributed by atoms with Crippen molar-refractivity contribution in [3.8, 4) is 0 Å². The minimum atomic E-state index is -0.472. The van der Waals surface area contributed by atoms with Crippen molar-refractivity contribution < 1.29 is 19.1 Å². The molecule has 2 amide bonds. The first-order valence-corrected chi connectivity index (χ1v) is 5.67. The minimum Gasteiger partial charge on any atom is -0.468 e. The highest BCUT2D eigenvalue weighted by Gasteiger charge is 2.13. The number of benzene rings is 1. The Labute approximate surface area is 111 Å². The molecule has 1 N–H and O–H groups in total. The summed E-state index contributed by atoms with van der Waals surface area (Å²) in [6.45, 7) is -0.0723. The summed E-state index contributed by atoms with van der Waals surface area (Å²) in [5, 5.41) is 2.25. The van der Waals surface area contributed by atoms with Crippen LogP contribution in [0, 0.1) is 0 Å². The Morgan fingerprint density at radius 3 is 2.37 bits per heavy atom. The molecule has 6 heteroatoms. The molecule has 0 bridgehead atoms. The SMILES string of the molecule is COC(=O)CN(C)CC(=O)NC(=O)c1ccccc1. The molecule has 0 spiro atoms. The number of nitrogens with zero attached hydrogens (tertiary/aromatic N) is 1. The first-order valence-electron chi connectivity index (χ1n) is 5.67. The first-order chi connectivity index (χ1) is 9.02. The second-order valence-electron chi connectivity index (χ2n) is 3.99. The van der Waals surface area contributed by atoms with E-state index < -0.39 is 17.8 Å². The Bertz CT molecular complexity index is 459. The number of carbonyl (C=O) groups excluding carboxylic acids is 3. The van der Waals surface area contributed by atoms with E-state index in [0.717, 1.165) is 0 Å². The summed E-state index contributed by atoms with van der Waals surface area (Å²) < 4.78 is 4.47. The molecular formula is C13H16N2O4. The van der Waals surface area contributed by atoms with E-state index in [9.17, 15) is 14.4 Å². The van der Waals surface area contributed by atoms with Crippen molar-refractivity contribution in [2.45, 2.75) is 0 Å². The quantitative estimate of drug-likeness (QED) is 0.760. The fourth-order valence-electron chi connectivity index (χ4n) is 1.41. The predicted molar refractivity (Wildman–Crippen MR) is 68.4 cm³/mol. The van der Waals surface area contributed by atoms with Gasteiger partial charge in [-0.15, -0.1) is 0 Å². The van der Waals surface area contributed by atoms with Gasteiger partial charge in [-0.05, 0) is 19.2 Å². The van der Waals surface area contributed by atoms with Crippen molar-refractivity contribution in [2.75, 3.05) is 27.2 Å². The highest BCUT2D eigenvalue weighted by molar-refractivity contribution is 6.05. The summed E-state index contributed by atoms with van der Waals surface area (Å²) in [7, 11) is 2.86. The average Bonchev–Trinajstić information content (AvgIpc) is 2.39. The van der Waals surface area contributed by atoms with E-state index in [0.29, 0.717) is 5.56 Å². The number of rotatable bonds is 5. The van der Waals surface area contributed by atoms with Crippen LogP contribution < -0.4 is 5.32 Å². The van der Waals surface area contributed by atoms with E-state index in [1.165, 1.54) is 12.0 Å². The number of hydrogen-bond acceptors (Lipinski definition) is 5. The largest absolute Gasteiger partial charge is 0.468 e. The van der Waals surface area contributed by atoms with E-state index in [2.05, 4.69) is 10.1 Å². The number of likely N-dealkylation sites (N-methyl/N-ethyl adjacent to an activating group) is 1. The molecule has 102 valence electrons. The summed E-state index contributed by atoms with van der Waals surface area (Å²) in [6, 6.07) is 8.43. The number of amides is 2. The molecule has 1 aromatic rings. The number of methoxy groups -OCH3 is 1. The summed E-state index contributed by atoms with van der Waals surface area (Å²) in [6.07, 6.45) is 0. The average molecular weight is 264 g/mol. The van der Waals surface area contributed by atoms with Crippen molar-refractivity contribution in [3.05, 3.63) is 35.9 Å². The molecule has 0 saturated carbocycles. The number of hydrogen-bond donors (Lipinski definition) is 1. The Balaban J connectivity index is 2.43. The van der Waals surface area contributed by atoms with Crippen molar-refractivity contribution in [1.29, 1.82) is 0 Å². The Hall–Kier alpha value is -2.21. The van der Waals surface area contributed by atoms with E-state index in [1.807, 2.05) is 0 Å². The Morgan fingerprint density at radius 1 is 1.16 bits per heavy atom. The van der Waals surface area contributed by atoms with Crippen molar-refractivity contribution in [1.82, 2.24) is 10.2 Å². The molecule has 0 radical (unpaired) electrons. The van der Waals surface area contributed by atoms with Gasteiger partial charge in [-0.3, -0.25) is 24.6 Å². The van der Waals surface area contributed by atoms with Crippen LogP contribution in [0.2, 0.25) is 0 Å². The van der Waals surface area contributed by atoms with E-state index >= 15 is 0 Å². The molecule has 0 atom stereocenters. The van der Waals surface area contributed by atoms with Gasteiger partial charge < -0.3 is 4.74 Å². The summed E-state index contributed by atoms with van der Waals surface area (Å²) in [5.74, 6) is -1.37. The number of imide groups is 1. The molecule has 0 aromatic heterocycles. The van der Waals surface area contributed by atoms with Crippen LogP contribution in [0.4, 0.5) is 0 Å². The van der Waals surface area contributed by atoms with Crippen LogP contribution in [0.3, 0.4) is 0 Å². The molecule has 0 aliphatic rings. The van der Waals surface area contributed by atoms with Crippen molar-refractivity contribution in [2.24, 2.45) is 0 Å². The van der Waals surface area contributed by atoms with Crippen LogP contribution in [0.1, 0.15) is 10.4 Å². The van der Waals surface area contributed by atoms with Crippen LogP contribution in [0.5, 0.6) is 0 Å². The molecule has 1 aromatic carbocycles. The number of ether oxygens (including phenoxy) is 1. The molecule has 0 aliphatic heterocycles. The first kappa shape index (κ1) is 14.8. The van der Waals surface area contributed by atoms with Crippen LogP contribution in [0.15, 0.2) is 30.3 Å². The normalized spacial score (nSPS) is 10.1. The molecule has 0 saturated heterocycles. The van der Waals surface area contributed by atoms with Gasteiger partial charge in [-0.25, -0.2) is 0 Å². The van der Waals surface area contributed by atoms with Crippen LogP contribution in [-0.4, -0.2) is 49.9 Å². The highest BCUT2D eigenvalue weighted by Crippen LogP contribution is 1.97. The zero-order chi connectivity index (χ0) is 14.3. The molecule has 0 aliphatic carbocycles. The zero-order valence-corrected chi connectivity index (χ0v) is 10.9. The van der Waals surface area contributed by atoms with Crippen LogP contribution in [-0.2, 0) is 14.3 Å². The lowest BCUT2D eigenvalue weighted by molar-refractivity contribution is -0.141. The number of nitrogens with one attached hydrogen (secondary N) is 1. The second-order valence-corrected chi connectivity index (χ2v) is 3.99. The maximum atomic E-state index is 11.7. The smallest absolute Gasteiger partial charge is 0.319 e. The lowest BCUT2D eigenvalue weighted by Crippen LogP contribution is -2.40. The number of carbonyl (C=O) groups is 3.